The highest BCUT2D eigenvalue weighted by Gasteiger charge is 2.32. The molecule has 1 atom stereocenters. The third-order valence-corrected chi connectivity index (χ3v) is 5.98. The number of sulfonamides is 1. The number of halogens is 2. The summed E-state index contributed by atoms with van der Waals surface area (Å²) in [7, 11) is -4.17. The Balaban J connectivity index is 2.25. The second-order valence-electron chi connectivity index (χ2n) is 5.82. The van der Waals surface area contributed by atoms with Crippen molar-refractivity contribution in [3.8, 4) is 0 Å². The third-order valence-electron chi connectivity index (χ3n) is 3.94. The van der Waals surface area contributed by atoms with Crippen LogP contribution in [0.2, 0.25) is 0 Å². The van der Waals surface area contributed by atoms with E-state index in [1.165, 1.54) is 6.92 Å². The van der Waals surface area contributed by atoms with Crippen LogP contribution in [0.25, 0.3) is 0 Å². The second-order valence-corrected chi connectivity index (χ2v) is 7.71. The Labute approximate surface area is 151 Å². The molecule has 0 bridgehead atoms. The van der Waals surface area contributed by atoms with Crippen molar-refractivity contribution in [2.75, 3.05) is 11.9 Å². The van der Waals surface area contributed by atoms with Crippen LogP contribution >= 0.6 is 0 Å². The molecule has 2 aromatic rings. The number of hydrogen-bond donors (Lipinski definition) is 1. The van der Waals surface area contributed by atoms with Crippen molar-refractivity contribution in [1.29, 1.82) is 0 Å². The smallest absolute Gasteiger partial charge is 0.243 e. The number of benzene rings is 2. The van der Waals surface area contributed by atoms with Gasteiger partial charge in [-0.3, -0.25) is 4.79 Å². The molecule has 2 rings (SSSR count). The van der Waals surface area contributed by atoms with Crippen LogP contribution in [0.4, 0.5) is 14.5 Å². The van der Waals surface area contributed by atoms with Gasteiger partial charge in [-0.2, -0.15) is 4.31 Å². The lowest BCUT2D eigenvalue weighted by Crippen LogP contribution is -2.45. The summed E-state index contributed by atoms with van der Waals surface area (Å²) in [6.07, 6.45) is 0. The molecular weight excluding hydrogens is 362 g/mol. The summed E-state index contributed by atoms with van der Waals surface area (Å²) in [6, 6.07) is 8.33. The molecule has 26 heavy (non-hydrogen) atoms. The fraction of sp³-hybridized carbons (Fsp3) is 0.278. The Kier molecular flexibility index (Phi) is 6.09. The predicted molar refractivity (Wildman–Crippen MR) is 95.2 cm³/mol. The first-order valence-electron chi connectivity index (χ1n) is 8.01. The molecule has 0 aromatic heterocycles. The van der Waals surface area contributed by atoms with E-state index in [4.69, 9.17) is 0 Å². The fourth-order valence-electron chi connectivity index (χ4n) is 2.44. The average molecular weight is 382 g/mol. The number of carbonyl (C=O) groups excluding carboxylic acids is 1. The fourth-order valence-corrected chi connectivity index (χ4v) is 4.05. The topological polar surface area (TPSA) is 66.5 Å². The van der Waals surface area contributed by atoms with Crippen LogP contribution < -0.4 is 5.32 Å². The van der Waals surface area contributed by atoms with Crippen LogP contribution in [-0.4, -0.2) is 31.2 Å². The molecule has 0 radical (unpaired) electrons. The molecule has 140 valence electrons. The zero-order valence-corrected chi connectivity index (χ0v) is 15.5. The molecular formula is C18H20F2N2O3S. The summed E-state index contributed by atoms with van der Waals surface area (Å²) in [5.74, 6) is -2.93. The van der Waals surface area contributed by atoms with Crippen molar-refractivity contribution < 1.29 is 22.0 Å². The minimum absolute atomic E-state index is 0.0101. The van der Waals surface area contributed by atoms with Gasteiger partial charge in [0.15, 0.2) is 11.6 Å². The summed E-state index contributed by atoms with van der Waals surface area (Å²) in [6.45, 7) is 4.89. The zero-order chi connectivity index (χ0) is 19.5. The van der Waals surface area contributed by atoms with E-state index in [-0.39, 0.29) is 6.54 Å². The van der Waals surface area contributed by atoms with E-state index in [1.54, 1.807) is 19.1 Å². The van der Waals surface area contributed by atoms with Gasteiger partial charge in [0.1, 0.15) is 6.04 Å². The molecule has 1 unspecified atom stereocenters. The van der Waals surface area contributed by atoms with Gasteiger partial charge >= 0.3 is 0 Å². The van der Waals surface area contributed by atoms with Crippen molar-refractivity contribution >= 4 is 21.6 Å². The Bertz CT molecular complexity index is 899. The molecule has 0 saturated heterocycles. The highest BCUT2D eigenvalue weighted by molar-refractivity contribution is 7.89. The molecule has 0 aliphatic heterocycles. The standard InChI is InChI=1S/C18H20F2N2O3S/c1-4-22(26(24,25)15-9-10-16(19)17(20)11-15)13(3)18(23)21-14-7-5-12(2)6-8-14/h5-11,13H,4H2,1-3H3,(H,21,23). The second kappa shape index (κ2) is 7.92. The molecule has 0 saturated carbocycles. The number of anilines is 1. The Hall–Kier alpha value is -2.32. The largest absolute Gasteiger partial charge is 0.325 e. The molecule has 0 heterocycles. The molecule has 8 heteroatoms. The van der Waals surface area contributed by atoms with Gasteiger partial charge in [0.2, 0.25) is 15.9 Å². The van der Waals surface area contributed by atoms with Crippen molar-refractivity contribution in [2.24, 2.45) is 0 Å². The maximum Gasteiger partial charge on any atom is 0.243 e. The highest BCUT2D eigenvalue weighted by Crippen LogP contribution is 2.21. The van der Waals surface area contributed by atoms with Crippen LogP contribution in [0.15, 0.2) is 47.4 Å². The maximum absolute atomic E-state index is 13.4. The summed E-state index contributed by atoms with van der Waals surface area (Å²) >= 11 is 0. The van der Waals surface area contributed by atoms with Crippen LogP contribution in [0.3, 0.4) is 0 Å². The zero-order valence-electron chi connectivity index (χ0n) is 14.7. The summed E-state index contributed by atoms with van der Waals surface area (Å²) in [5.41, 5.74) is 1.56. The lowest BCUT2D eigenvalue weighted by Gasteiger charge is -2.26. The van der Waals surface area contributed by atoms with E-state index >= 15 is 0 Å². The summed E-state index contributed by atoms with van der Waals surface area (Å²) in [5, 5.41) is 2.65. The Morgan fingerprint density at radius 1 is 1.12 bits per heavy atom. The van der Waals surface area contributed by atoms with Gasteiger partial charge < -0.3 is 5.32 Å². The van der Waals surface area contributed by atoms with Gasteiger partial charge in [-0.1, -0.05) is 24.6 Å². The Morgan fingerprint density at radius 2 is 1.73 bits per heavy atom. The van der Waals surface area contributed by atoms with E-state index in [0.717, 1.165) is 22.0 Å². The molecule has 5 nitrogen and oxygen atoms in total. The lowest BCUT2D eigenvalue weighted by atomic mass is 10.2. The molecule has 0 spiro atoms. The average Bonchev–Trinajstić information content (AvgIpc) is 2.59. The van der Waals surface area contributed by atoms with Crippen LogP contribution in [0.1, 0.15) is 19.4 Å². The quantitative estimate of drug-likeness (QED) is 0.834. The minimum Gasteiger partial charge on any atom is -0.325 e. The van der Waals surface area contributed by atoms with Crippen LogP contribution in [-0.2, 0) is 14.8 Å². The Morgan fingerprint density at radius 3 is 2.27 bits per heavy atom. The van der Waals surface area contributed by atoms with Gasteiger partial charge in [0.25, 0.3) is 0 Å². The predicted octanol–water partition coefficient (Wildman–Crippen LogP) is 3.31. The van der Waals surface area contributed by atoms with Gasteiger partial charge in [-0.15, -0.1) is 0 Å². The summed E-state index contributed by atoms with van der Waals surface area (Å²) in [4.78, 5) is 12.0. The number of amides is 1. The normalized spacial score (nSPS) is 12.8. The molecule has 2 aromatic carbocycles. The first-order chi connectivity index (χ1) is 12.2. The molecule has 1 N–H and O–H groups in total. The number of hydrogen-bond acceptors (Lipinski definition) is 3. The monoisotopic (exact) mass is 382 g/mol. The van der Waals surface area contributed by atoms with Gasteiger partial charge in [-0.25, -0.2) is 17.2 Å². The van der Waals surface area contributed by atoms with E-state index in [1.807, 2.05) is 19.1 Å². The third kappa shape index (κ3) is 4.25. The van der Waals surface area contributed by atoms with Crippen molar-refractivity contribution in [1.82, 2.24) is 4.31 Å². The van der Waals surface area contributed by atoms with Gasteiger partial charge in [0.05, 0.1) is 4.90 Å². The number of likely N-dealkylation sites (N-methyl/N-ethyl adjacent to an activating group) is 1. The van der Waals surface area contributed by atoms with E-state index < -0.39 is 38.5 Å². The highest BCUT2D eigenvalue weighted by atomic mass is 32.2. The number of carbonyl (C=O) groups is 1. The van der Waals surface area contributed by atoms with Crippen LogP contribution in [0, 0.1) is 18.6 Å². The van der Waals surface area contributed by atoms with E-state index in [0.29, 0.717) is 11.8 Å². The first kappa shape index (κ1) is 20.0. The number of aryl methyl sites for hydroxylation is 1. The van der Waals surface area contributed by atoms with Gasteiger partial charge in [-0.05, 0) is 44.2 Å². The molecule has 1 amide bonds. The molecule has 0 fully saturated rings. The lowest BCUT2D eigenvalue weighted by molar-refractivity contribution is -0.119. The van der Waals surface area contributed by atoms with Crippen molar-refractivity contribution in [3.63, 3.8) is 0 Å². The molecule has 0 aliphatic carbocycles. The van der Waals surface area contributed by atoms with Crippen LogP contribution in [0.5, 0.6) is 0 Å². The van der Waals surface area contributed by atoms with E-state index in [2.05, 4.69) is 5.32 Å². The molecule has 0 aliphatic rings. The first-order valence-corrected chi connectivity index (χ1v) is 9.45. The van der Waals surface area contributed by atoms with Crippen molar-refractivity contribution in [3.05, 3.63) is 59.7 Å². The minimum atomic E-state index is -4.17. The summed E-state index contributed by atoms with van der Waals surface area (Å²) < 4.78 is 52.9. The SMILES string of the molecule is CCN(C(C)C(=O)Nc1ccc(C)cc1)S(=O)(=O)c1ccc(F)c(F)c1. The number of nitrogens with one attached hydrogen (secondary N) is 1. The maximum atomic E-state index is 13.4. The number of rotatable bonds is 6. The van der Waals surface area contributed by atoms with Gasteiger partial charge in [0, 0.05) is 12.2 Å². The number of nitrogens with zero attached hydrogens (tertiary/aromatic N) is 1. The van der Waals surface area contributed by atoms with Crippen molar-refractivity contribution in [2.45, 2.75) is 31.7 Å². The van der Waals surface area contributed by atoms with E-state index in [9.17, 15) is 22.0 Å².